The summed E-state index contributed by atoms with van der Waals surface area (Å²) in [6, 6.07) is 0.0560. The summed E-state index contributed by atoms with van der Waals surface area (Å²) in [5.74, 6) is 1.41. The minimum absolute atomic E-state index is 0.0560. The van der Waals surface area contributed by atoms with Gasteiger partial charge in [-0.15, -0.1) is 0 Å². The van der Waals surface area contributed by atoms with Gasteiger partial charge in [-0.05, 0) is 19.3 Å². The molecule has 7 nitrogen and oxygen atoms in total. The van der Waals surface area contributed by atoms with E-state index in [2.05, 4.69) is 29.7 Å². The standard InChI is InChI=1S/C16H19ClN6O/c17-12-9-19-16(22-6-1-2-7-22)21-14(12)15(24)20-11-3-4-13-18-5-8-23(13)10-11/h5,8-9,11H,1-4,6-7,10H2,(H,20,24)/t11-/m1/s1. The Morgan fingerprint density at radius 2 is 2.12 bits per heavy atom. The summed E-state index contributed by atoms with van der Waals surface area (Å²) in [4.78, 5) is 27.7. The van der Waals surface area contributed by atoms with Crippen LogP contribution in [0.3, 0.4) is 0 Å². The van der Waals surface area contributed by atoms with Gasteiger partial charge in [0, 0.05) is 44.5 Å². The molecule has 2 aromatic rings. The van der Waals surface area contributed by atoms with Crippen LogP contribution in [0.15, 0.2) is 18.6 Å². The van der Waals surface area contributed by atoms with Crippen molar-refractivity contribution in [3.63, 3.8) is 0 Å². The third-order valence-corrected chi connectivity index (χ3v) is 4.88. The minimum Gasteiger partial charge on any atom is -0.346 e. The van der Waals surface area contributed by atoms with E-state index < -0.39 is 0 Å². The quantitative estimate of drug-likeness (QED) is 0.915. The summed E-state index contributed by atoms with van der Waals surface area (Å²) in [6.45, 7) is 2.58. The second kappa shape index (κ2) is 6.39. The van der Waals surface area contributed by atoms with Gasteiger partial charge in [-0.1, -0.05) is 11.6 Å². The highest BCUT2D eigenvalue weighted by Crippen LogP contribution is 2.20. The SMILES string of the molecule is O=C(N[C@@H]1CCc2nccn2C1)c1nc(N2CCCC2)ncc1Cl. The van der Waals surface area contributed by atoms with E-state index in [4.69, 9.17) is 11.6 Å². The van der Waals surface area contributed by atoms with E-state index in [1.165, 1.54) is 6.20 Å². The zero-order chi connectivity index (χ0) is 16.5. The number of anilines is 1. The number of hydrogen-bond donors (Lipinski definition) is 1. The maximum Gasteiger partial charge on any atom is 0.271 e. The first-order valence-electron chi connectivity index (χ1n) is 8.29. The molecule has 0 spiro atoms. The predicted octanol–water partition coefficient (Wildman–Crippen LogP) is 1.67. The number of hydrogen-bond acceptors (Lipinski definition) is 5. The van der Waals surface area contributed by atoms with Crippen LogP contribution in [-0.4, -0.2) is 44.6 Å². The Bertz CT molecular complexity index is 755. The fourth-order valence-corrected chi connectivity index (χ4v) is 3.50. The highest BCUT2D eigenvalue weighted by atomic mass is 35.5. The molecule has 0 unspecified atom stereocenters. The van der Waals surface area contributed by atoms with Crippen LogP contribution in [-0.2, 0) is 13.0 Å². The molecule has 8 heteroatoms. The van der Waals surface area contributed by atoms with Gasteiger partial charge >= 0.3 is 0 Å². The van der Waals surface area contributed by atoms with Crippen LogP contribution >= 0.6 is 11.6 Å². The zero-order valence-electron chi connectivity index (χ0n) is 13.3. The number of amides is 1. The molecule has 0 bridgehead atoms. The second-order valence-corrected chi connectivity index (χ2v) is 6.67. The van der Waals surface area contributed by atoms with Crippen molar-refractivity contribution in [2.45, 2.75) is 38.3 Å². The average Bonchev–Trinajstić information content (AvgIpc) is 3.26. The summed E-state index contributed by atoms with van der Waals surface area (Å²) in [7, 11) is 0. The Balaban J connectivity index is 1.49. The van der Waals surface area contributed by atoms with Gasteiger partial charge < -0.3 is 14.8 Å². The molecule has 4 heterocycles. The fourth-order valence-electron chi connectivity index (χ4n) is 3.32. The molecule has 1 N–H and O–H groups in total. The van der Waals surface area contributed by atoms with Gasteiger partial charge in [-0.25, -0.2) is 15.0 Å². The molecule has 1 saturated heterocycles. The number of fused-ring (bicyclic) bond motifs is 1. The molecule has 1 fully saturated rings. The first-order chi connectivity index (χ1) is 11.7. The lowest BCUT2D eigenvalue weighted by molar-refractivity contribution is 0.0922. The van der Waals surface area contributed by atoms with Crippen LogP contribution in [0.1, 0.15) is 35.6 Å². The molecule has 0 saturated carbocycles. The van der Waals surface area contributed by atoms with E-state index in [0.29, 0.717) is 5.95 Å². The summed E-state index contributed by atoms with van der Waals surface area (Å²) < 4.78 is 2.08. The predicted molar refractivity (Wildman–Crippen MR) is 90.3 cm³/mol. The summed E-state index contributed by atoms with van der Waals surface area (Å²) in [5, 5.41) is 3.33. The molecule has 126 valence electrons. The molecule has 2 aromatic heterocycles. The Hall–Kier alpha value is -2.15. The van der Waals surface area contributed by atoms with Crippen molar-refractivity contribution < 1.29 is 4.79 Å². The molecule has 2 aliphatic rings. The number of aryl methyl sites for hydroxylation is 1. The third kappa shape index (κ3) is 2.96. The second-order valence-electron chi connectivity index (χ2n) is 6.27. The highest BCUT2D eigenvalue weighted by Gasteiger charge is 2.24. The van der Waals surface area contributed by atoms with E-state index in [0.717, 1.165) is 51.1 Å². The van der Waals surface area contributed by atoms with Gasteiger partial charge in [0.05, 0.1) is 11.2 Å². The molecule has 1 amide bonds. The highest BCUT2D eigenvalue weighted by molar-refractivity contribution is 6.33. The molecular formula is C16H19ClN6O. The van der Waals surface area contributed by atoms with Gasteiger partial charge in [0.2, 0.25) is 5.95 Å². The third-order valence-electron chi connectivity index (χ3n) is 4.61. The number of rotatable bonds is 3. The molecule has 2 aliphatic heterocycles. The van der Waals surface area contributed by atoms with Crippen molar-refractivity contribution in [1.29, 1.82) is 0 Å². The molecule has 0 aromatic carbocycles. The van der Waals surface area contributed by atoms with Gasteiger partial charge in [0.15, 0.2) is 5.69 Å². The maximum absolute atomic E-state index is 12.6. The first-order valence-corrected chi connectivity index (χ1v) is 8.67. The van der Waals surface area contributed by atoms with Crippen molar-refractivity contribution >= 4 is 23.5 Å². The topological polar surface area (TPSA) is 75.9 Å². The van der Waals surface area contributed by atoms with E-state index in [1.807, 2.05) is 6.20 Å². The van der Waals surface area contributed by atoms with Crippen molar-refractivity contribution in [2.24, 2.45) is 0 Å². The van der Waals surface area contributed by atoms with Crippen molar-refractivity contribution in [3.8, 4) is 0 Å². The number of nitrogens with one attached hydrogen (secondary N) is 1. The lowest BCUT2D eigenvalue weighted by Gasteiger charge is -2.25. The number of imidazole rings is 1. The van der Waals surface area contributed by atoms with Crippen LogP contribution in [0, 0.1) is 0 Å². The van der Waals surface area contributed by atoms with Gasteiger partial charge in [-0.3, -0.25) is 4.79 Å². The summed E-state index contributed by atoms with van der Waals surface area (Å²) in [5.41, 5.74) is 0.255. The van der Waals surface area contributed by atoms with Crippen molar-refractivity contribution in [3.05, 3.63) is 35.1 Å². The Labute approximate surface area is 145 Å². The Kier molecular flexibility index (Phi) is 4.10. The molecule has 4 rings (SSSR count). The zero-order valence-corrected chi connectivity index (χ0v) is 14.0. The van der Waals surface area contributed by atoms with E-state index in [-0.39, 0.29) is 22.7 Å². The molecule has 1 atom stereocenters. The molecular weight excluding hydrogens is 328 g/mol. The van der Waals surface area contributed by atoms with Gasteiger partial charge in [-0.2, -0.15) is 0 Å². The van der Waals surface area contributed by atoms with Crippen molar-refractivity contribution in [1.82, 2.24) is 24.8 Å². The lowest BCUT2D eigenvalue weighted by atomic mass is 10.1. The smallest absolute Gasteiger partial charge is 0.271 e. The lowest BCUT2D eigenvalue weighted by Crippen LogP contribution is -2.41. The monoisotopic (exact) mass is 346 g/mol. The van der Waals surface area contributed by atoms with E-state index in [9.17, 15) is 4.79 Å². The van der Waals surface area contributed by atoms with Crippen LogP contribution in [0.5, 0.6) is 0 Å². The van der Waals surface area contributed by atoms with E-state index in [1.54, 1.807) is 6.20 Å². The number of nitrogens with zero attached hydrogens (tertiary/aromatic N) is 5. The number of aromatic nitrogens is 4. The number of carbonyl (C=O) groups is 1. The largest absolute Gasteiger partial charge is 0.346 e. The van der Waals surface area contributed by atoms with Crippen LogP contribution in [0.25, 0.3) is 0 Å². The van der Waals surface area contributed by atoms with Gasteiger partial charge in [0.1, 0.15) is 5.82 Å². The summed E-state index contributed by atoms with van der Waals surface area (Å²) in [6.07, 6.45) is 9.23. The normalized spacial score (nSPS) is 20.0. The number of halogens is 1. The first kappa shape index (κ1) is 15.4. The maximum atomic E-state index is 12.6. The van der Waals surface area contributed by atoms with Crippen LogP contribution < -0.4 is 10.2 Å². The molecule has 0 aliphatic carbocycles. The minimum atomic E-state index is -0.239. The fraction of sp³-hybridized carbons (Fsp3) is 0.500. The van der Waals surface area contributed by atoms with Crippen LogP contribution in [0.4, 0.5) is 5.95 Å². The van der Waals surface area contributed by atoms with Crippen molar-refractivity contribution in [2.75, 3.05) is 18.0 Å². The molecule has 24 heavy (non-hydrogen) atoms. The van der Waals surface area contributed by atoms with Crippen LogP contribution in [0.2, 0.25) is 5.02 Å². The van der Waals surface area contributed by atoms with E-state index >= 15 is 0 Å². The Morgan fingerprint density at radius 3 is 2.96 bits per heavy atom. The Morgan fingerprint density at radius 1 is 1.29 bits per heavy atom. The van der Waals surface area contributed by atoms with Gasteiger partial charge in [0.25, 0.3) is 5.91 Å². The number of carbonyl (C=O) groups excluding carboxylic acids is 1. The summed E-state index contributed by atoms with van der Waals surface area (Å²) >= 11 is 6.16. The average molecular weight is 347 g/mol. The molecule has 0 radical (unpaired) electrons.